The second kappa shape index (κ2) is 8.93. The molecule has 5 aromatic rings. The molecule has 0 saturated carbocycles. The Morgan fingerprint density at radius 3 is 2.11 bits per heavy atom. The molecule has 0 nitrogen and oxygen atoms in total. The summed E-state index contributed by atoms with van der Waals surface area (Å²) in [5.41, 5.74) is 4.19. The largest absolute Gasteiger partial charge is 3.00 e. The molecule has 0 unspecified atom stereocenters. The van der Waals surface area contributed by atoms with Gasteiger partial charge in [-0.05, 0) is 28.0 Å². The second-order valence-electron chi connectivity index (χ2n) is 6.68. The van der Waals surface area contributed by atoms with Gasteiger partial charge < -0.3 is 14.9 Å². The van der Waals surface area contributed by atoms with E-state index in [0.29, 0.717) is 0 Å². The average molecular weight is 441 g/mol. The molecular formula is C27H25Zr. The van der Waals surface area contributed by atoms with E-state index >= 15 is 0 Å². The summed E-state index contributed by atoms with van der Waals surface area (Å²) in [4.78, 5) is 0. The first kappa shape index (κ1) is 22.2. The molecule has 28 heavy (non-hydrogen) atoms. The SMILES string of the molecule is CCc1[cH-]c2ccccc2c1-c1cccc2ccc3ccccc3c12.[CH3-].[CH3-].[Zr+3]. The van der Waals surface area contributed by atoms with Crippen LogP contribution in [0.25, 0.3) is 43.4 Å². The Hall–Kier alpha value is -2.11. The maximum Gasteiger partial charge on any atom is 3.00 e. The van der Waals surface area contributed by atoms with Gasteiger partial charge in [-0.15, -0.1) is 46.2 Å². The van der Waals surface area contributed by atoms with Crippen molar-refractivity contribution in [2.45, 2.75) is 13.3 Å². The summed E-state index contributed by atoms with van der Waals surface area (Å²) < 4.78 is 0. The van der Waals surface area contributed by atoms with Gasteiger partial charge in [-0.1, -0.05) is 73.2 Å². The predicted octanol–water partition coefficient (Wildman–Crippen LogP) is 7.99. The van der Waals surface area contributed by atoms with Crippen LogP contribution in [0.5, 0.6) is 0 Å². The molecule has 0 atom stereocenters. The Morgan fingerprint density at radius 2 is 1.32 bits per heavy atom. The average Bonchev–Trinajstić information content (AvgIpc) is 3.06. The zero-order valence-corrected chi connectivity index (χ0v) is 19.2. The molecule has 0 saturated heterocycles. The van der Waals surface area contributed by atoms with Crippen LogP contribution in [0.15, 0.2) is 84.9 Å². The van der Waals surface area contributed by atoms with Gasteiger partial charge in [-0.3, -0.25) is 0 Å². The Kier molecular flexibility index (Phi) is 7.08. The van der Waals surface area contributed by atoms with Crippen molar-refractivity contribution in [3.63, 3.8) is 0 Å². The van der Waals surface area contributed by atoms with E-state index in [1.54, 1.807) is 0 Å². The van der Waals surface area contributed by atoms with Gasteiger partial charge in [0.25, 0.3) is 0 Å². The zero-order valence-electron chi connectivity index (χ0n) is 16.8. The summed E-state index contributed by atoms with van der Waals surface area (Å²) >= 11 is 0. The molecule has 0 aromatic heterocycles. The first-order chi connectivity index (χ1) is 12.4. The Balaban J connectivity index is 0.000000934. The molecule has 0 aliphatic heterocycles. The molecule has 0 aliphatic carbocycles. The van der Waals surface area contributed by atoms with Crippen molar-refractivity contribution < 1.29 is 26.2 Å². The number of benzene rings is 4. The molecule has 0 N–H and O–H groups in total. The van der Waals surface area contributed by atoms with E-state index in [-0.39, 0.29) is 41.1 Å². The van der Waals surface area contributed by atoms with Crippen LogP contribution in [0.3, 0.4) is 0 Å². The number of fused-ring (bicyclic) bond motifs is 4. The van der Waals surface area contributed by atoms with Gasteiger partial charge in [0.05, 0.1) is 0 Å². The fourth-order valence-electron chi connectivity index (χ4n) is 4.15. The first-order valence-corrected chi connectivity index (χ1v) is 8.95. The summed E-state index contributed by atoms with van der Waals surface area (Å²) in [6.45, 7) is 2.25. The zero-order chi connectivity index (χ0) is 16.8. The fraction of sp³-hybridized carbons (Fsp3) is 0.0741. The molecule has 0 bridgehead atoms. The standard InChI is InChI=1S/C25H19.2CH3.Zr/c1-2-17-16-20-9-4-6-12-22(20)24(17)23-13-7-10-19-15-14-18-8-3-5-11-21(18)25(19)23;;;/h3-16H,2H2,1H3;2*1H3;/q3*-1;+3. The third-order valence-corrected chi connectivity index (χ3v) is 5.30. The smallest absolute Gasteiger partial charge is 0.358 e. The van der Waals surface area contributed by atoms with Crippen molar-refractivity contribution in [3.05, 3.63) is 105 Å². The molecule has 0 aliphatic rings. The van der Waals surface area contributed by atoms with Gasteiger partial charge >= 0.3 is 26.2 Å². The Morgan fingerprint density at radius 1 is 0.679 bits per heavy atom. The van der Waals surface area contributed by atoms with Crippen LogP contribution < -0.4 is 0 Å². The van der Waals surface area contributed by atoms with Crippen LogP contribution in [-0.2, 0) is 32.6 Å². The third kappa shape index (κ3) is 3.38. The maximum atomic E-state index is 2.36. The van der Waals surface area contributed by atoms with Crippen LogP contribution in [0.1, 0.15) is 12.5 Å². The van der Waals surface area contributed by atoms with E-state index in [9.17, 15) is 0 Å². The molecule has 0 fully saturated rings. The van der Waals surface area contributed by atoms with Crippen molar-refractivity contribution in [2.24, 2.45) is 0 Å². The van der Waals surface area contributed by atoms with Gasteiger partial charge in [0.2, 0.25) is 0 Å². The van der Waals surface area contributed by atoms with E-state index in [0.717, 1.165) is 6.42 Å². The number of hydrogen-bond acceptors (Lipinski definition) is 0. The summed E-state index contributed by atoms with van der Waals surface area (Å²) in [6, 6.07) is 31.0. The summed E-state index contributed by atoms with van der Waals surface area (Å²) in [5.74, 6) is 0. The topological polar surface area (TPSA) is 0 Å². The molecule has 5 rings (SSSR count). The Bertz CT molecular complexity index is 1230. The van der Waals surface area contributed by atoms with Gasteiger partial charge in [0, 0.05) is 0 Å². The molecule has 0 amide bonds. The molecule has 5 aromatic carbocycles. The van der Waals surface area contributed by atoms with E-state index in [4.69, 9.17) is 0 Å². The monoisotopic (exact) mass is 439 g/mol. The van der Waals surface area contributed by atoms with Crippen molar-refractivity contribution in [1.82, 2.24) is 0 Å². The van der Waals surface area contributed by atoms with Gasteiger partial charge in [0.1, 0.15) is 0 Å². The van der Waals surface area contributed by atoms with Crippen molar-refractivity contribution in [1.29, 1.82) is 0 Å². The van der Waals surface area contributed by atoms with Crippen molar-refractivity contribution in [2.75, 3.05) is 0 Å². The third-order valence-electron chi connectivity index (χ3n) is 5.30. The van der Waals surface area contributed by atoms with Crippen molar-refractivity contribution >= 4 is 32.3 Å². The molecule has 1 radical (unpaired) electrons. The second-order valence-corrected chi connectivity index (χ2v) is 6.68. The first-order valence-electron chi connectivity index (χ1n) is 8.95. The molecule has 0 spiro atoms. The van der Waals surface area contributed by atoms with Gasteiger partial charge in [-0.25, -0.2) is 0 Å². The Labute approximate surface area is 187 Å². The normalized spacial score (nSPS) is 10.3. The molecule has 1 heteroatoms. The van der Waals surface area contributed by atoms with E-state index in [1.165, 1.54) is 49.0 Å². The summed E-state index contributed by atoms with van der Waals surface area (Å²) in [6.07, 6.45) is 1.05. The van der Waals surface area contributed by atoms with Crippen LogP contribution in [-0.4, -0.2) is 0 Å². The molecular weight excluding hydrogens is 416 g/mol. The van der Waals surface area contributed by atoms with Gasteiger partial charge in [-0.2, -0.15) is 0 Å². The van der Waals surface area contributed by atoms with E-state index < -0.39 is 0 Å². The molecule has 137 valence electrons. The van der Waals surface area contributed by atoms with Crippen molar-refractivity contribution in [3.8, 4) is 11.1 Å². The number of rotatable bonds is 2. The minimum Gasteiger partial charge on any atom is -0.358 e. The number of hydrogen-bond donors (Lipinski definition) is 0. The minimum absolute atomic E-state index is 0. The fourth-order valence-corrected chi connectivity index (χ4v) is 4.15. The minimum atomic E-state index is 0. The van der Waals surface area contributed by atoms with Crippen LogP contribution in [0.2, 0.25) is 0 Å². The van der Waals surface area contributed by atoms with Crippen LogP contribution in [0.4, 0.5) is 0 Å². The van der Waals surface area contributed by atoms with Crippen LogP contribution >= 0.6 is 0 Å². The molecule has 0 heterocycles. The van der Waals surface area contributed by atoms with Crippen LogP contribution in [0, 0.1) is 14.9 Å². The van der Waals surface area contributed by atoms with E-state index in [1.807, 2.05) is 0 Å². The maximum absolute atomic E-state index is 2.36. The summed E-state index contributed by atoms with van der Waals surface area (Å²) in [5, 5.41) is 8.01. The van der Waals surface area contributed by atoms with Gasteiger partial charge in [0.15, 0.2) is 0 Å². The quantitative estimate of drug-likeness (QED) is 0.193. The predicted molar refractivity (Wildman–Crippen MR) is 122 cm³/mol. The summed E-state index contributed by atoms with van der Waals surface area (Å²) in [7, 11) is 0. The number of aryl methyl sites for hydroxylation is 1. The van der Waals surface area contributed by atoms with E-state index in [2.05, 4.69) is 91.9 Å².